The Balaban J connectivity index is 2.19. The van der Waals surface area contributed by atoms with Gasteiger partial charge in [-0.3, -0.25) is 4.90 Å². The first-order valence-electron chi connectivity index (χ1n) is 7.48. The number of benzene rings is 1. The van der Waals surface area contributed by atoms with Crippen LogP contribution in [0.4, 0.5) is 8.78 Å². The van der Waals surface area contributed by atoms with Crippen LogP contribution in [0.25, 0.3) is 0 Å². The van der Waals surface area contributed by atoms with Crippen molar-refractivity contribution in [3.05, 3.63) is 35.4 Å². The summed E-state index contributed by atoms with van der Waals surface area (Å²) >= 11 is 0. The smallest absolute Gasteiger partial charge is 0.163 e. The number of likely N-dealkylation sites (tertiary alicyclic amines) is 1. The van der Waals surface area contributed by atoms with Gasteiger partial charge in [0.25, 0.3) is 0 Å². The molecule has 1 aromatic rings. The molecule has 2 rings (SSSR count). The van der Waals surface area contributed by atoms with Crippen LogP contribution in [0.5, 0.6) is 0 Å². The lowest BCUT2D eigenvalue weighted by Crippen LogP contribution is -2.47. The summed E-state index contributed by atoms with van der Waals surface area (Å²) in [4.78, 5) is 2.23. The monoisotopic (exact) mass is 282 g/mol. The van der Waals surface area contributed by atoms with Gasteiger partial charge in [-0.15, -0.1) is 0 Å². The van der Waals surface area contributed by atoms with E-state index in [-0.39, 0.29) is 12.1 Å². The van der Waals surface area contributed by atoms with Crippen LogP contribution >= 0.6 is 0 Å². The van der Waals surface area contributed by atoms with E-state index in [1.165, 1.54) is 0 Å². The van der Waals surface area contributed by atoms with Crippen molar-refractivity contribution in [1.82, 2.24) is 4.90 Å². The van der Waals surface area contributed by atoms with Crippen LogP contribution in [0.15, 0.2) is 18.2 Å². The summed E-state index contributed by atoms with van der Waals surface area (Å²) in [6.45, 7) is 5.60. The Morgan fingerprint density at radius 1 is 1.40 bits per heavy atom. The van der Waals surface area contributed by atoms with Gasteiger partial charge in [0.1, 0.15) is 0 Å². The molecule has 2 nitrogen and oxygen atoms in total. The Morgan fingerprint density at radius 3 is 2.80 bits per heavy atom. The van der Waals surface area contributed by atoms with Crippen LogP contribution in [-0.4, -0.2) is 24.0 Å². The highest BCUT2D eigenvalue weighted by Crippen LogP contribution is 2.33. The minimum atomic E-state index is -0.776. The van der Waals surface area contributed by atoms with Crippen molar-refractivity contribution < 1.29 is 8.78 Å². The first kappa shape index (κ1) is 15.4. The number of hydrogen-bond donors (Lipinski definition) is 1. The lowest BCUT2D eigenvalue weighted by molar-refractivity contribution is 0.0755. The molecule has 0 spiro atoms. The molecule has 20 heavy (non-hydrogen) atoms. The Hall–Kier alpha value is -1.00. The normalized spacial score (nSPS) is 25.6. The first-order chi connectivity index (χ1) is 9.58. The lowest BCUT2D eigenvalue weighted by Gasteiger charge is -2.42. The van der Waals surface area contributed by atoms with E-state index in [1.54, 1.807) is 12.1 Å². The molecule has 0 amide bonds. The first-order valence-corrected chi connectivity index (χ1v) is 7.48. The highest BCUT2D eigenvalue weighted by Gasteiger charge is 2.31. The Kier molecular flexibility index (Phi) is 5.11. The number of hydrogen-bond acceptors (Lipinski definition) is 2. The van der Waals surface area contributed by atoms with E-state index in [1.807, 2.05) is 6.92 Å². The van der Waals surface area contributed by atoms with E-state index < -0.39 is 11.6 Å². The Labute approximate surface area is 120 Å². The molecule has 1 fully saturated rings. The van der Waals surface area contributed by atoms with Gasteiger partial charge in [0.15, 0.2) is 11.6 Å². The second kappa shape index (κ2) is 6.64. The topological polar surface area (TPSA) is 29.3 Å². The van der Waals surface area contributed by atoms with Crippen molar-refractivity contribution in [2.75, 3.05) is 13.1 Å². The summed E-state index contributed by atoms with van der Waals surface area (Å²) in [7, 11) is 0. The maximum atomic E-state index is 13.9. The van der Waals surface area contributed by atoms with Gasteiger partial charge in [0, 0.05) is 24.2 Å². The van der Waals surface area contributed by atoms with Crippen LogP contribution in [0, 0.1) is 17.6 Å². The van der Waals surface area contributed by atoms with Gasteiger partial charge in [0.05, 0.1) is 0 Å². The van der Waals surface area contributed by atoms with E-state index >= 15 is 0 Å². The molecule has 1 heterocycles. The molecule has 3 atom stereocenters. The molecule has 4 heteroatoms. The molecule has 1 aliphatic heterocycles. The van der Waals surface area contributed by atoms with Gasteiger partial charge in [-0.2, -0.15) is 0 Å². The SMILES string of the molecule is CCC1CCN(C(C)c2cccc(F)c2F)C(CN)C1. The van der Waals surface area contributed by atoms with Crippen LogP contribution in [-0.2, 0) is 0 Å². The van der Waals surface area contributed by atoms with Crippen molar-refractivity contribution in [1.29, 1.82) is 0 Å². The molecule has 0 aliphatic carbocycles. The number of piperidine rings is 1. The molecular weight excluding hydrogens is 258 g/mol. The summed E-state index contributed by atoms with van der Waals surface area (Å²) in [6, 6.07) is 4.52. The predicted molar refractivity (Wildman–Crippen MR) is 77.3 cm³/mol. The van der Waals surface area contributed by atoms with Crippen molar-refractivity contribution in [2.24, 2.45) is 11.7 Å². The molecular formula is C16H24F2N2. The van der Waals surface area contributed by atoms with Gasteiger partial charge in [0.2, 0.25) is 0 Å². The Morgan fingerprint density at radius 2 is 2.15 bits per heavy atom. The van der Waals surface area contributed by atoms with Gasteiger partial charge in [-0.25, -0.2) is 8.78 Å². The lowest BCUT2D eigenvalue weighted by atomic mass is 9.87. The largest absolute Gasteiger partial charge is 0.329 e. The fourth-order valence-electron chi connectivity index (χ4n) is 3.29. The van der Waals surface area contributed by atoms with Crippen LogP contribution < -0.4 is 5.73 Å². The van der Waals surface area contributed by atoms with Crippen molar-refractivity contribution >= 4 is 0 Å². The molecule has 1 aromatic carbocycles. The minimum absolute atomic E-state index is 0.142. The Bertz CT molecular complexity index is 450. The molecule has 0 saturated carbocycles. The summed E-state index contributed by atoms with van der Waals surface area (Å²) < 4.78 is 27.3. The van der Waals surface area contributed by atoms with E-state index in [9.17, 15) is 8.78 Å². The zero-order valence-corrected chi connectivity index (χ0v) is 12.3. The van der Waals surface area contributed by atoms with Crippen molar-refractivity contribution in [3.63, 3.8) is 0 Å². The predicted octanol–water partition coefficient (Wildman–Crippen LogP) is 3.48. The third kappa shape index (κ3) is 3.01. The summed E-state index contributed by atoms with van der Waals surface area (Å²) in [5, 5.41) is 0. The van der Waals surface area contributed by atoms with Gasteiger partial charge in [-0.1, -0.05) is 25.5 Å². The molecule has 1 aliphatic rings. The quantitative estimate of drug-likeness (QED) is 0.916. The second-order valence-corrected chi connectivity index (χ2v) is 5.75. The summed E-state index contributed by atoms with van der Waals surface area (Å²) in [5.74, 6) is -0.806. The average molecular weight is 282 g/mol. The molecule has 0 aromatic heterocycles. The van der Waals surface area contributed by atoms with E-state index in [0.29, 0.717) is 18.0 Å². The van der Waals surface area contributed by atoms with Gasteiger partial charge >= 0.3 is 0 Å². The van der Waals surface area contributed by atoms with Crippen molar-refractivity contribution in [2.45, 2.75) is 45.2 Å². The highest BCUT2D eigenvalue weighted by molar-refractivity contribution is 5.22. The van der Waals surface area contributed by atoms with Crippen LogP contribution in [0.1, 0.15) is 44.7 Å². The highest BCUT2D eigenvalue weighted by atomic mass is 19.2. The fourth-order valence-corrected chi connectivity index (χ4v) is 3.29. The zero-order chi connectivity index (χ0) is 14.7. The molecule has 3 unspecified atom stereocenters. The maximum absolute atomic E-state index is 13.9. The fraction of sp³-hybridized carbons (Fsp3) is 0.625. The standard InChI is InChI=1S/C16H24F2N2/c1-3-12-7-8-20(13(9-12)10-19)11(2)14-5-4-6-15(17)16(14)18/h4-6,11-13H,3,7-10,19H2,1-2H3. The maximum Gasteiger partial charge on any atom is 0.163 e. The van der Waals surface area contributed by atoms with E-state index in [2.05, 4.69) is 11.8 Å². The van der Waals surface area contributed by atoms with Crippen LogP contribution in [0.3, 0.4) is 0 Å². The third-order valence-electron chi connectivity index (χ3n) is 4.65. The van der Waals surface area contributed by atoms with E-state index in [4.69, 9.17) is 5.73 Å². The minimum Gasteiger partial charge on any atom is -0.329 e. The average Bonchev–Trinajstić information content (AvgIpc) is 2.48. The summed E-state index contributed by atoms with van der Waals surface area (Å²) in [6.07, 6.45) is 3.32. The summed E-state index contributed by atoms with van der Waals surface area (Å²) in [5.41, 5.74) is 6.31. The van der Waals surface area contributed by atoms with Gasteiger partial charge in [-0.05, 0) is 38.3 Å². The third-order valence-corrected chi connectivity index (χ3v) is 4.65. The number of nitrogens with zero attached hydrogens (tertiary/aromatic N) is 1. The molecule has 1 saturated heterocycles. The molecule has 0 bridgehead atoms. The molecule has 112 valence electrons. The second-order valence-electron chi connectivity index (χ2n) is 5.75. The van der Waals surface area contributed by atoms with Crippen LogP contribution in [0.2, 0.25) is 0 Å². The number of nitrogens with two attached hydrogens (primary N) is 1. The zero-order valence-electron chi connectivity index (χ0n) is 12.3. The number of rotatable bonds is 4. The van der Waals surface area contributed by atoms with Gasteiger partial charge < -0.3 is 5.73 Å². The van der Waals surface area contributed by atoms with E-state index in [0.717, 1.165) is 31.9 Å². The molecule has 0 radical (unpaired) electrons. The molecule has 2 N–H and O–H groups in total. The number of halogens is 2. The van der Waals surface area contributed by atoms with Crippen molar-refractivity contribution in [3.8, 4) is 0 Å².